The highest BCUT2D eigenvalue weighted by Crippen LogP contribution is 2.28. The first kappa shape index (κ1) is 12.8. The van der Waals surface area contributed by atoms with Crippen LogP contribution in [0.15, 0.2) is 18.3 Å². The van der Waals surface area contributed by atoms with E-state index >= 15 is 0 Å². The number of hydrogen-bond donors (Lipinski definition) is 1. The third kappa shape index (κ3) is 3.20. The highest BCUT2D eigenvalue weighted by atomic mass is 15.2. The molecule has 2 fully saturated rings. The van der Waals surface area contributed by atoms with Gasteiger partial charge in [-0.1, -0.05) is 19.3 Å². The predicted octanol–water partition coefficient (Wildman–Crippen LogP) is 3.67. The predicted molar refractivity (Wildman–Crippen MR) is 80.7 cm³/mol. The molecule has 3 rings (SSSR count). The Morgan fingerprint density at radius 1 is 1.11 bits per heavy atom. The second-order valence-corrected chi connectivity index (χ2v) is 5.95. The Balaban J connectivity index is 1.62. The van der Waals surface area contributed by atoms with Gasteiger partial charge in [0.1, 0.15) is 0 Å². The van der Waals surface area contributed by atoms with Gasteiger partial charge in [0.15, 0.2) is 5.82 Å². The van der Waals surface area contributed by atoms with Crippen molar-refractivity contribution in [2.45, 2.75) is 44.9 Å². The maximum absolute atomic E-state index is 4.59. The molecule has 0 radical (unpaired) electrons. The fourth-order valence-corrected chi connectivity index (χ4v) is 3.36. The van der Waals surface area contributed by atoms with E-state index in [1.807, 2.05) is 12.3 Å². The molecule has 1 N–H and O–H groups in total. The smallest absolute Gasteiger partial charge is 0.151 e. The Morgan fingerprint density at radius 2 is 1.89 bits per heavy atom. The van der Waals surface area contributed by atoms with Crippen LogP contribution in [0.2, 0.25) is 0 Å². The Labute approximate surface area is 116 Å². The van der Waals surface area contributed by atoms with E-state index in [-0.39, 0.29) is 0 Å². The highest BCUT2D eigenvalue weighted by Gasteiger charge is 2.18. The van der Waals surface area contributed by atoms with Crippen LogP contribution in [0.3, 0.4) is 0 Å². The third-order valence-corrected chi connectivity index (χ3v) is 4.50. The van der Waals surface area contributed by atoms with Crippen LogP contribution < -0.4 is 10.2 Å². The lowest BCUT2D eigenvalue weighted by Gasteiger charge is -2.24. The summed E-state index contributed by atoms with van der Waals surface area (Å²) < 4.78 is 0. The first-order valence-corrected chi connectivity index (χ1v) is 7.87. The summed E-state index contributed by atoms with van der Waals surface area (Å²) in [4.78, 5) is 7.01. The Kier molecular flexibility index (Phi) is 4.21. The minimum atomic E-state index is 0.861. The summed E-state index contributed by atoms with van der Waals surface area (Å²) in [7, 11) is 0. The van der Waals surface area contributed by atoms with Crippen molar-refractivity contribution in [3.8, 4) is 0 Å². The molecule has 1 aromatic heterocycles. The summed E-state index contributed by atoms with van der Waals surface area (Å²) >= 11 is 0. The summed E-state index contributed by atoms with van der Waals surface area (Å²) in [5, 5.41) is 3.66. The topological polar surface area (TPSA) is 28.2 Å². The van der Waals surface area contributed by atoms with Gasteiger partial charge in [0.25, 0.3) is 0 Å². The molecule has 1 aliphatic heterocycles. The summed E-state index contributed by atoms with van der Waals surface area (Å²) in [6.07, 6.45) is 11.6. The van der Waals surface area contributed by atoms with Crippen LogP contribution in [-0.4, -0.2) is 24.6 Å². The Bertz CT molecular complexity index is 393. The average Bonchev–Trinajstić information content (AvgIpc) is 3.01. The van der Waals surface area contributed by atoms with Gasteiger partial charge >= 0.3 is 0 Å². The molecule has 0 amide bonds. The van der Waals surface area contributed by atoms with Gasteiger partial charge in [0.2, 0.25) is 0 Å². The van der Waals surface area contributed by atoms with Crippen LogP contribution >= 0.6 is 0 Å². The van der Waals surface area contributed by atoms with Gasteiger partial charge in [-0.15, -0.1) is 0 Å². The molecule has 0 spiro atoms. The molecule has 104 valence electrons. The van der Waals surface area contributed by atoms with Crippen molar-refractivity contribution in [1.82, 2.24) is 4.98 Å². The molecule has 0 bridgehead atoms. The van der Waals surface area contributed by atoms with Crippen molar-refractivity contribution in [3.05, 3.63) is 18.3 Å². The molecular weight excluding hydrogens is 234 g/mol. The first-order chi connectivity index (χ1) is 9.43. The summed E-state index contributed by atoms with van der Waals surface area (Å²) in [6, 6.07) is 4.23. The molecule has 0 atom stereocenters. The van der Waals surface area contributed by atoms with Gasteiger partial charge in [0.05, 0.1) is 5.69 Å². The van der Waals surface area contributed by atoms with E-state index in [0.29, 0.717) is 0 Å². The molecule has 1 aliphatic carbocycles. The van der Waals surface area contributed by atoms with E-state index in [2.05, 4.69) is 21.3 Å². The van der Waals surface area contributed by atoms with E-state index in [4.69, 9.17) is 0 Å². The first-order valence-electron chi connectivity index (χ1n) is 7.87. The van der Waals surface area contributed by atoms with Crippen molar-refractivity contribution >= 4 is 11.5 Å². The third-order valence-electron chi connectivity index (χ3n) is 4.50. The van der Waals surface area contributed by atoms with Gasteiger partial charge in [-0.05, 0) is 43.7 Å². The van der Waals surface area contributed by atoms with Gasteiger partial charge in [0, 0.05) is 25.8 Å². The summed E-state index contributed by atoms with van der Waals surface area (Å²) in [5.41, 5.74) is 1.23. The van der Waals surface area contributed by atoms with Gasteiger partial charge in [-0.3, -0.25) is 0 Å². The number of aromatic nitrogens is 1. The van der Waals surface area contributed by atoms with Crippen LogP contribution in [0.5, 0.6) is 0 Å². The standard InChI is InChI=1S/C16H25N3/c1-2-7-14(8-3-1)13-18-15-9-6-10-17-16(15)19-11-4-5-12-19/h6,9-10,14,18H,1-5,7-8,11-13H2. The van der Waals surface area contributed by atoms with Crippen LogP contribution in [0.1, 0.15) is 44.9 Å². The normalized spacial score (nSPS) is 20.7. The Morgan fingerprint density at radius 3 is 2.68 bits per heavy atom. The summed E-state index contributed by atoms with van der Waals surface area (Å²) in [6.45, 7) is 3.44. The maximum atomic E-state index is 4.59. The molecule has 3 nitrogen and oxygen atoms in total. The quantitative estimate of drug-likeness (QED) is 0.894. The number of rotatable bonds is 4. The molecular formula is C16H25N3. The van der Waals surface area contributed by atoms with Crippen molar-refractivity contribution < 1.29 is 0 Å². The molecule has 3 heteroatoms. The zero-order valence-electron chi connectivity index (χ0n) is 11.8. The SMILES string of the molecule is c1cnc(N2CCCC2)c(NCC2CCCCC2)c1. The molecule has 1 saturated carbocycles. The second kappa shape index (κ2) is 6.27. The number of nitrogens with zero attached hydrogens (tertiary/aromatic N) is 2. The van der Waals surface area contributed by atoms with Gasteiger partial charge in [-0.25, -0.2) is 4.98 Å². The van der Waals surface area contributed by atoms with E-state index in [9.17, 15) is 0 Å². The van der Waals surface area contributed by atoms with Crippen molar-refractivity contribution in [2.75, 3.05) is 29.9 Å². The molecule has 1 aromatic rings. The molecule has 2 aliphatic rings. The minimum Gasteiger partial charge on any atom is -0.382 e. The van der Waals surface area contributed by atoms with Crippen LogP contribution in [0.25, 0.3) is 0 Å². The Hall–Kier alpha value is -1.25. The van der Waals surface area contributed by atoms with E-state index in [1.54, 1.807) is 0 Å². The van der Waals surface area contributed by atoms with E-state index in [0.717, 1.165) is 31.4 Å². The monoisotopic (exact) mass is 259 g/mol. The van der Waals surface area contributed by atoms with Crippen LogP contribution in [0, 0.1) is 5.92 Å². The highest BCUT2D eigenvalue weighted by molar-refractivity contribution is 5.65. The maximum Gasteiger partial charge on any atom is 0.151 e. The van der Waals surface area contributed by atoms with E-state index < -0.39 is 0 Å². The zero-order chi connectivity index (χ0) is 12.9. The van der Waals surface area contributed by atoms with E-state index in [1.165, 1.54) is 50.6 Å². The van der Waals surface area contributed by atoms with Crippen molar-refractivity contribution in [3.63, 3.8) is 0 Å². The lowest BCUT2D eigenvalue weighted by atomic mass is 9.89. The molecule has 2 heterocycles. The fraction of sp³-hybridized carbons (Fsp3) is 0.688. The summed E-state index contributed by atoms with van der Waals surface area (Å²) in [5.74, 6) is 2.02. The zero-order valence-corrected chi connectivity index (χ0v) is 11.8. The number of nitrogens with one attached hydrogen (secondary N) is 1. The van der Waals surface area contributed by atoms with Crippen LogP contribution in [0.4, 0.5) is 11.5 Å². The number of hydrogen-bond acceptors (Lipinski definition) is 3. The molecule has 19 heavy (non-hydrogen) atoms. The van der Waals surface area contributed by atoms with Crippen molar-refractivity contribution in [2.24, 2.45) is 5.92 Å². The van der Waals surface area contributed by atoms with Gasteiger partial charge in [-0.2, -0.15) is 0 Å². The van der Waals surface area contributed by atoms with Gasteiger partial charge < -0.3 is 10.2 Å². The fourth-order valence-electron chi connectivity index (χ4n) is 3.36. The van der Waals surface area contributed by atoms with Crippen molar-refractivity contribution in [1.29, 1.82) is 0 Å². The average molecular weight is 259 g/mol. The largest absolute Gasteiger partial charge is 0.382 e. The minimum absolute atomic E-state index is 0.861. The molecule has 0 aromatic carbocycles. The lowest BCUT2D eigenvalue weighted by molar-refractivity contribution is 0.373. The molecule has 0 unspecified atom stereocenters. The lowest BCUT2D eigenvalue weighted by Crippen LogP contribution is -2.22. The number of anilines is 2. The van der Waals surface area contributed by atoms with Crippen LogP contribution in [-0.2, 0) is 0 Å². The second-order valence-electron chi connectivity index (χ2n) is 5.95. The number of pyridine rings is 1. The molecule has 1 saturated heterocycles.